The van der Waals surface area contributed by atoms with Crippen molar-refractivity contribution in [3.05, 3.63) is 39.6 Å². The number of halogens is 2. The van der Waals surface area contributed by atoms with Crippen molar-refractivity contribution in [1.82, 2.24) is 9.88 Å². The van der Waals surface area contributed by atoms with Crippen LogP contribution in [0.25, 0.3) is 10.9 Å². The van der Waals surface area contributed by atoms with Crippen molar-refractivity contribution in [2.45, 2.75) is 37.8 Å². The van der Waals surface area contributed by atoms with Crippen LogP contribution in [0.1, 0.15) is 42.1 Å². The van der Waals surface area contributed by atoms with Crippen LogP contribution < -0.4 is 15.6 Å². The van der Waals surface area contributed by atoms with Crippen LogP contribution in [0.4, 0.5) is 14.6 Å². The zero-order chi connectivity index (χ0) is 19.6. The van der Waals surface area contributed by atoms with Gasteiger partial charge in [-0.05, 0) is 44.2 Å². The fourth-order valence-corrected chi connectivity index (χ4v) is 4.86. The van der Waals surface area contributed by atoms with Gasteiger partial charge in [0, 0.05) is 31.2 Å². The average molecular weight is 389 g/mol. The summed E-state index contributed by atoms with van der Waals surface area (Å²) >= 11 is 0. The number of carbonyl (C=O) groups is 1. The summed E-state index contributed by atoms with van der Waals surface area (Å²) in [5.41, 5.74) is -1.20. The van der Waals surface area contributed by atoms with Crippen molar-refractivity contribution < 1.29 is 18.7 Å². The monoisotopic (exact) mass is 389 g/mol. The maximum atomic E-state index is 14.8. The molecule has 28 heavy (non-hydrogen) atoms. The Labute approximate surface area is 159 Å². The number of fused-ring (bicyclic) bond motifs is 2. The third-order valence-electron chi connectivity index (χ3n) is 6.22. The number of benzene rings is 1. The number of nitrogens with zero attached hydrogens (tertiary/aromatic N) is 2. The Morgan fingerprint density at radius 2 is 1.96 bits per heavy atom. The summed E-state index contributed by atoms with van der Waals surface area (Å²) < 4.78 is 30.2. The van der Waals surface area contributed by atoms with E-state index in [9.17, 15) is 23.5 Å². The molecule has 8 heteroatoms. The number of carboxylic acids is 1. The van der Waals surface area contributed by atoms with E-state index in [1.54, 1.807) is 4.57 Å². The normalized spacial score (nSPS) is 24.6. The maximum absolute atomic E-state index is 14.8. The Bertz CT molecular complexity index is 1030. The van der Waals surface area contributed by atoms with Gasteiger partial charge < -0.3 is 19.9 Å². The molecular weight excluding hydrogens is 368 g/mol. The van der Waals surface area contributed by atoms with Crippen LogP contribution in [0.2, 0.25) is 0 Å². The SMILES string of the molecule is O=C(O)c1c(N2C[C@H]3CCCN[C@H]3C2)n(C2CC2)c2c(F)cc(F)cc2c1=O. The molecule has 1 aromatic carbocycles. The molecule has 3 fully saturated rings. The molecule has 1 saturated carbocycles. The van der Waals surface area contributed by atoms with E-state index in [4.69, 9.17) is 0 Å². The topological polar surface area (TPSA) is 74.6 Å². The van der Waals surface area contributed by atoms with E-state index >= 15 is 0 Å². The second-order valence-electron chi connectivity index (χ2n) is 8.09. The fourth-order valence-electron chi connectivity index (χ4n) is 4.86. The van der Waals surface area contributed by atoms with Gasteiger partial charge in [-0.15, -0.1) is 0 Å². The van der Waals surface area contributed by atoms with Gasteiger partial charge in [-0.25, -0.2) is 13.6 Å². The molecule has 2 atom stereocenters. The van der Waals surface area contributed by atoms with E-state index in [0.29, 0.717) is 19.0 Å². The molecule has 2 N–H and O–H groups in total. The van der Waals surface area contributed by atoms with Crippen molar-refractivity contribution in [2.24, 2.45) is 5.92 Å². The lowest BCUT2D eigenvalue weighted by atomic mass is 9.94. The number of piperidine rings is 1. The third-order valence-corrected chi connectivity index (χ3v) is 6.22. The second-order valence-corrected chi connectivity index (χ2v) is 8.09. The summed E-state index contributed by atoms with van der Waals surface area (Å²) in [6.45, 7) is 2.12. The largest absolute Gasteiger partial charge is 0.477 e. The van der Waals surface area contributed by atoms with E-state index in [1.165, 1.54) is 0 Å². The summed E-state index contributed by atoms with van der Waals surface area (Å²) in [6.07, 6.45) is 3.65. The Hall–Kier alpha value is -2.48. The van der Waals surface area contributed by atoms with E-state index in [0.717, 1.165) is 44.4 Å². The van der Waals surface area contributed by atoms with Crippen LogP contribution in [0, 0.1) is 17.6 Å². The van der Waals surface area contributed by atoms with Crippen molar-refractivity contribution in [3.8, 4) is 0 Å². The van der Waals surface area contributed by atoms with Crippen molar-refractivity contribution in [3.63, 3.8) is 0 Å². The van der Waals surface area contributed by atoms with Gasteiger partial charge in [0.25, 0.3) is 0 Å². The maximum Gasteiger partial charge on any atom is 0.343 e. The summed E-state index contributed by atoms with van der Waals surface area (Å²) in [7, 11) is 0. The van der Waals surface area contributed by atoms with Crippen molar-refractivity contribution >= 4 is 22.7 Å². The fraction of sp³-hybridized carbons (Fsp3) is 0.500. The van der Waals surface area contributed by atoms with Crippen LogP contribution in [0.3, 0.4) is 0 Å². The number of nitrogens with one attached hydrogen (secondary N) is 1. The van der Waals surface area contributed by atoms with Crippen molar-refractivity contribution in [1.29, 1.82) is 0 Å². The first kappa shape index (κ1) is 17.6. The van der Waals surface area contributed by atoms with Gasteiger partial charge in [0.05, 0.1) is 10.9 Å². The zero-order valence-electron chi connectivity index (χ0n) is 15.3. The molecule has 148 valence electrons. The van der Waals surface area contributed by atoms with Crippen LogP contribution >= 0.6 is 0 Å². The molecule has 0 radical (unpaired) electrons. The number of anilines is 1. The Balaban J connectivity index is 1.80. The Morgan fingerprint density at radius 3 is 2.64 bits per heavy atom. The molecule has 2 aliphatic heterocycles. The van der Waals surface area contributed by atoms with E-state index in [-0.39, 0.29) is 34.4 Å². The first-order chi connectivity index (χ1) is 13.5. The first-order valence-corrected chi connectivity index (χ1v) is 9.74. The summed E-state index contributed by atoms with van der Waals surface area (Å²) in [4.78, 5) is 27.0. The minimum absolute atomic E-state index is 0.0109. The number of carboxylic acid groups (broad SMARTS) is 1. The number of hydrogen-bond acceptors (Lipinski definition) is 4. The predicted octanol–water partition coefficient (Wildman–Crippen LogP) is 2.50. The quantitative estimate of drug-likeness (QED) is 0.844. The molecule has 0 bridgehead atoms. The minimum Gasteiger partial charge on any atom is -0.477 e. The molecule has 3 heterocycles. The molecule has 1 aromatic heterocycles. The standard InChI is InChI=1S/C20H21F2N3O3/c21-11-6-13-17(14(22)7-11)25(12-3-4-12)19(16(18(13)26)20(27)28)24-8-10-2-1-5-23-15(10)9-24/h6-7,10,12,15,23H,1-5,8-9H2,(H,27,28)/t10-,15+/m1/s1. The van der Waals surface area contributed by atoms with Gasteiger partial charge in [-0.2, -0.15) is 0 Å². The zero-order valence-corrected chi connectivity index (χ0v) is 15.3. The van der Waals surface area contributed by atoms with E-state index in [1.807, 2.05) is 4.90 Å². The molecule has 5 rings (SSSR count). The highest BCUT2D eigenvalue weighted by atomic mass is 19.1. The van der Waals surface area contributed by atoms with E-state index < -0.39 is 23.0 Å². The summed E-state index contributed by atoms with van der Waals surface area (Å²) in [5, 5.41) is 13.1. The molecule has 3 aliphatic rings. The number of aromatic nitrogens is 1. The number of pyridine rings is 1. The molecule has 1 aliphatic carbocycles. The van der Waals surface area contributed by atoms with E-state index in [2.05, 4.69) is 5.32 Å². The highest BCUT2D eigenvalue weighted by Gasteiger charge is 2.40. The molecule has 0 amide bonds. The Kier molecular flexibility index (Phi) is 3.94. The second kappa shape index (κ2) is 6.27. The molecule has 6 nitrogen and oxygen atoms in total. The molecule has 0 unspecified atom stereocenters. The predicted molar refractivity (Wildman–Crippen MR) is 100 cm³/mol. The van der Waals surface area contributed by atoms with Crippen LogP contribution in [-0.2, 0) is 0 Å². The van der Waals surface area contributed by atoms with Crippen LogP contribution in [0.5, 0.6) is 0 Å². The molecule has 2 saturated heterocycles. The lowest BCUT2D eigenvalue weighted by molar-refractivity contribution is 0.0695. The minimum atomic E-state index is -1.36. The smallest absolute Gasteiger partial charge is 0.343 e. The van der Waals surface area contributed by atoms with Crippen molar-refractivity contribution in [2.75, 3.05) is 24.5 Å². The number of rotatable bonds is 3. The number of aromatic carboxylic acids is 1. The van der Waals surface area contributed by atoms with Gasteiger partial charge in [0.15, 0.2) is 5.82 Å². The van der Waals surface area contributed by atoms with Gasteiger partial charge in [-0.3, -0.25) is 4.79 Å². The summed E-state index contributed by atoms with van der Waals surface area (Å²) in [6, 6.07) is 1.86. The highest BCUT2D eigenvalue weighted by Crippen LogP contribution is 2.43. The first-order valence-electron chi connectivity index (χ1n) is 9.74. The molecular formula is C20H21F2N3O3. The van der Waals surface area contributed by atoms with Crippen LogP contribution in [0.15, 0.2) is 16.9 Å². The third kappa shape index (κ3) is 2.62. The van der Waals surface area contributed by atoms with Gasteiger partial charge in [0.1, 0.15) is 17.2 Å². The summed E-state index contributed by atoms with van der Waals surface area (Å²) in [5.74, 6) is -2.43. The highest BCUT2D eigenvalue weighted by molar-refractivity contribution is 5.99. The Morgan fingerprint density at radius 1 is 1.18 bits per heavy atom. The van der Waals surface area contributed by atoms with Gasteiger partial charge in [-0.1, -0.05) is 0 Å². The molecule has 0 spiro atoms. The number of hydrogen-bond donors (Lipinski definition) is 2. The lowest BCUT2D eigenvalue weighted by Gasteiger charge is -2.27. The molecule has 2 aromatic rings. The van der Waals surface area contributed by atoms with Gasteiger partial charge >= 0.3 is 5.97 Å². The van der Waals surface area contributed by atoms with Crippen LogP contribution in [-0.4, -0.2) is 41.3 Å². The average Bonchev–Trinajstić information content (AvgIpc) is 3.39. The lowest BCUT2D eigenvalue weighted by Crippen LogP contribution is -2.41. The van der Waals surface area contributed by atoms with Gasteiger partial charge in [0.2, 0.25) is 5.43 Å².